The first-order valence-electron chi connectivity index (χ1n) is 5.78. The van der Waals surface area contributed by atoms with Crippen LogP contribution in [0.1, 0.15) is 6.23 Å². The Morgan fingerprint density at radius 3 is 2.80 bits per heavy atom. The summed E-state index contributed by atoms with van der Waals surface area (Å²) in [5.74, 6) is 0. The Kier molecular flexibility index (Phi) is 3.84. The number of hydrogen-bond acceptors (Lipinski definition) is 5. The lowest BCUT2D eigenvalue weighted by Gasteiger charge is -2.17. The van der Waals surface area contributed by atoms with E-state index in [4.69, 9.17) is 16.3 Å². The summed E-state index contributed by atoms with van der Waals surface area (Å²) >= 11 is 8.08. The molecule has 0 saturated carbocycles. The van der Waals surface area contributed by atoms with Gasteiger partial charge in [0.25, 0.3) is 0 Å². The summed E-state index contributed by atoms with van der Waals surface area (Å²) in [6.07, 6.45) is -1.52. The molecular weight excluding hydrogens is 403 g/mol. The van der Waals surface area contributed by atoms with E-state index in [1.165, 1.54) is 10.9 Å². The minimum Gasteiger partial charge on any atom is -0.387 e. The summed E-state index contributed by atoms with van der Waals surface area (Å²) < 4.78 is 20.4. The quantitative estimate of drug-likeness (QED) is 0.573. The molecule has 0 unspecified atom stereocenters. The van der Waals surface area contributed by atoms with Crippen molar-refractivity contribution < 1.29 is 19.3 Å². The van der Waals surface area contributed by atoms with Gasteiger partial charge in [0.15, 0.2) is 6.23 Å². The number of halogens is 3. The first-order chi connectivity index (χ1) is 9.54. The van der Waals surface area contributed by atoms with Gasteiger partial charge in [-0.15, -0.1) is 0 Å². The van der Waals surface area contributed by atoms with Crippen LogP contribution in [0.3, 0.4) is 0 Å². The number of aliphatic hydroxyl groups is 2. The number of rotatable bonds is 2. The van der Waals surface area contributed by atoms with Crippen LogP contribution < -0.4 is 0 Å². The Morgan fingerprint density at radius 2 is 2.15 bits per heavy atom. The van der Waals surface area contributed by atoms with E-state index in [1.807, 2.05) is 0 Å². The molecule has 2 N–H and O–H groups in total. The second-order valence-corrected chi connectivity index (χ2v) is 5.97. The second kappa shape index (κ2) is 5.34. The van der Waals surface area contributed by atoms with Crippen LogP contribution in [0.5, 0.6) is 0 Å². The maximum absolute atomic E-state index is 12.7. The van der Waals surface area contributed by atoms with E-state index in [2.05, 4.69) is 32.6 Å². The maximum Gasteiger partial charge on any atom is 0.164 e. The molecule has 0 aromatic carbocycles. The SMILES string of the molecule is O[C@@H]1[C@H](O)[C@@H](CF)O[C@H]1n1cc(I)c2c(Cl)ncnc21. The summed E-state index contributed by atoms with van der Waals surface area (Å²) in [5, 5.41) is 20.7. The highest BCUT2D eigenvalue weighted by Crippen LogP contribution is 2.35. The molecule has 1 aliphatic rings. The normalized spacial score (nSPS) is 30.2. The Labute approximate surface area is 131 Å². The molecule has 0 spiro atoms. The van der Waals surface area contributed by atoms with Crippen LogP contribution in [0, 0.1) is 3.57 Å². The van der Waals surface area contributed by atoms with Crippen molar-refractivity contribution >= 4 is 45.2 Å². The predicted octanol–water partition coefficient (Wildman–Crippen LogP) is 1.28. The van der Waals surface area contributed by atoms with Crippen molar-refractivity contribution in [3.8, 4) is 0 Å². The summed E-state index contributed by atoms with van der Waals surface area (Å²) in [6, 6.07) is 0. The number of aromatic nitrogens is 3. The molecule has 2 aromatic heterocycles. The summed E-state index contributed by atoms with van der Waals surface area (Å²) in [4.78, 5) is 8.01. The number of ether oxygens (including phenoxy) is 1. The Bertz CT molecular complexity index is 655. The molecule has 108 valence electrons. The molecule has 1 saturated heterocycles. The smallest absolute Gasteiger partial charge is 0.164 e. The van der Waals surface area contributed by atoms with E-state index in [0.29, 0.717) is 11.0 Å². The lowest BCUT2D eigenvalue weighted by molar-refractivity contribution is -0.0406. The molecule has 1 fully saturated rings. The van der Waals surface area contributed by atoms with Crippen molar-refractivity contribution in [2.45, 2.75) is 24.5 Å². The minimum atomic E-state index is -1.28. The molecule has 3 heterocycles. The lowest BCUT2D eigenvalue weighted by atomic mass is 10.1. The molecule has 2 aromatic rings. The average molecular weight is 414 g/mol. The van der Waals surface area contributed by atoms with E-state index >= 15 is 0 Å². The van der Waals surface area contributed by atoms with Gasteiger partial charge in [0.2, 0.25) is 0 Å². The first-order valence-corrected chi connectivity index (χ1v) is 7.24. The fourth-order valence-electron chi connectivity index (χ4n) is 2.28. The van der Waals surface area contributed by atoms with Crippen molar-refractivity contribution in [1.29, 1.82) is 0 Å². The molecule has 20 heavy (non-hydrogen) atoms. The van der Waals surface area contributed by atoms with E-state index in [0.717, 1.165) is 3.57 Å². The molecule has 0 aliphatic carbocycles. The molecule has 1 aliphatic heterocycles. The highest BCUT2D eigenvalue weighted by atomic mass is 127. The van der Waals surface area contributed by atoms with E-state index in [-0.39, 0.29) is 5.15 Å². The van der Waals surface area contributed by atoms with Crippen molar-refractivity contribution in [3.05, 3.63) is 21.2 Å². The van der Waals surface area contributed by atoms with Crippen LogP contribution in [0.15, 0.2) is 12.5 Å². The van der Waals surface area contributed by atoms with Crippen LogP contribution in [0.4, 0.5) is 4.39 Å². The van der Waals surface area contributed by atoms with Crippen LogP contribution >= 0.6 is 34.2 Å². The largest absolute Gasteiger partial charge is 0.387 e. The first kappa shape index (κ1) is 14.4. The third-order valence-corrected chi connectivity index (χ3v) is 4.38. The lowest BCUT2D eigenvalue weighted by Crippen LogP contribution is -2.32. The molecule has 4 atom stereocenters. The van der Waals surface area contributed by atoms with Gasteiger partial charge in [0.05, 0.1) is 5.39 Å². The van der Waals surface area contributed by atoms with Gasteiger partial charge < -0.3 is 19.5 Å². The van der Waals surface area contributed by atoms with Gasteiger partial charge in [-0.05, 0) is 22.6 Å². The van der Waals surface area contributed by atoms with Gasteiger partial charge in [-0.25, -0.2) is 14.4 Å². The number of aliphatic hydroxyl groups excluding tert-OH is 2. The topological polar surface area (TPSA) is 80.4 Å². The van der Waals surface area contributed by atoms with Gasteiger partial charge in [0.1, 0.15) is 42.1 Å². The van der Waals surface area contributed by atoms with Crippen molar-refractivity contribution in [2.75, 3.05) is 6.67 Å². The zero-order valence-corrected chi connectivity index (χ0v) is 12.9. The van der Waals surface area contributed by atoms with Crippen LogP contribution in [0.2, 0.25) is 5.15 Å². The average Bonchev–Trinajstić information content (AvgIpc) is 2.90. The zero-order valence-electron chi connectivity index (χ0n) is 9.95. The Balaban J connectivity index is 2.10. The van der Waals surface area contributed by atoms with Gasteiger partial charge in [-0.2, -0.15) is 0 Å². The molecule has 0 amide bonds. The van der Waals surface area contributed by atoms with Gasteiger partial charge >= 0.3 is 0 Å². The molecule has 6 nitrogen and oxygen atoms in total. The van der Waals surface area contributed by atoms with Gasteiger partial charge in [-0.1, -0.05) is 11.6 Å². The third-order valence-electron chi connectivity index (χ3n) is 3.28. The third kappa shape index (κ3) is 2.10. The van der Waals surface area contributed by atoms with Crippen LogP contribution in [-0.4, -0.2) is 49.7 Å². The molecule has 0 radical (unpaired) electrons. The summed E-state index contributed by atoms with van der Waals surface area (Å²) in [7, 11) is 0. The van der Waals surface area contributed by atoms with E-state index in [1.54, 1.807) is 6.20 Å². The van der Waals surface area contributed by atoms with Crippen LogP contribution in [0.25, 0.3) is 11.0 Å². The van der Waals surface area contributed by atoms with E-state index in [9.17, 15) is 14.6 Å². The molecule has 3 rings (SSSR count). The van der Waals surface area contributed by atoms with Gasteiger partial charge in [-0.3, -0.25) is 0 Å². The maximum atomic E-state index is 12.7. The Morgan fingerprint density at radius 1 is 1.40 bits per heavy atom. The standard InChI is InChI=1S/C11H10ClFIN3O3/c12-9-6-4(14)2-17(10(6)16-3-15-9)11-8(19)7(18)5(1-13)20-11/h2-3,5,7-8,11,18-19H,1H2/t5-,7-,8-,11-/m1/s1. The zero-order chi connectivity index (χ0) is 14.4. The van der Waals surface area contributed by atoms with Crippen molar-refractivity contribution in [2.24, 2.45) is 0 Å². The number of fused-ring (bicyclic) bond motifs is 1. The molecular formula is C11H10ClFIN3O3. The minimum absolute atomic E-state index is 0.285. The fraction of sp³-hybridized carbons (Fsp3) is 0.455. The van der Waals surface area contributed by atoms with Crippen molar-refractivity contribution in [3.63, 3.8) is 0 Å². The van der Waals surface area contributed by atoms with Crippen molar-refractivity contribution in [1.82, 2.24) is 14.5 Å². The predicted molar refractivity (Wildman–Crippen MR) is 77.2 cm³/mol. The highest BCUT2D eigenvalue weighted by molar-refractivity contribution is 14.1. The number of nitrogens with zero attached hydrogens (tertiary/aromatic N) is 3. The molecule has 0 bridgehead atoms. The summed E-state index contributed by atoms with van der Waals surface area (Å²) in [6.45, 7) is -0.874. The number of alkyl halides is 1. The van der Waals surface area contributed by atoms with E-state index < -0.39 is 31.2 Å². The van der Waals surface area contributed by atoms with Gasteiger partial charge in [0, 0.05) is 9.77 Å². The Hall–Kier alpha value is -0.550. The number of hydrogen-bond donors (Lipinski definition) is 2. The second-order valence-electron chi connectivity index (χ2n) is 4.45. The summed E-state index contributed by atoms with van der Waals surface area (Å²) in [5.41, 5.74) is 0.463. The highest BCUT2D eigenvalue weighted by Gasteiger charge is 2.44. The fourth-order valence-corrected chi connectivity index (χ4v) is 3.47. The molecule has 9 heteroatoms. The monoisotopic (exact) mass is 413 g/mol. The van der Waals surface area contributed by atoms with Crippen LogP contribution in [-0.2, 0) is 4.74 Å².